The quantitative estimate of drug-likeness (QED) is 0.641. The number of fused-ring (bicyclic) bond motifs is 1. The lowest BCUT2D eigenvalue weighted by Crippen LogP contribution is -2.38. The van der Waals surface area contributed by atoms with Gasteiger partial charge < -0.3 is 10.1 Å². The molecule has 3 rings (SSSR count). The Morgan fingerprint density at radius 1 is 1.24 bits per heavy atom. The number of ether oxygens (including phenoxy) is 1. The van der Waals surface area contributed by atoms with E-state index in [1.165, 1.54) is 28.5 Å². The summed E-state index contributed by atoms with van der Waals surface area (Å²) in [6, 6.07) is 15.7. The van der Waals surface area contributed by atoms with Crippen LogP contribution in [0.4, 0.5) is 0 Å². The molecule has 0 radical (unpaired) electrons. The molecule has 1 N–H and O–H groups in total. The predicted molar refractivity (Wildman–Crippen MR) is 91.1 cm³/mol. The fourth-order valence-electron chi connectivity index (χ4n) is 2.84. The van der Waals surface area contributed by atoms with Crippen molar-refractivity contribution >= 4 is 22.5 Å². The smallest absolute Gasteiger partial charge is 0.0726 e. The number of hydrogen-bond donors (Lipinski definition) is 1. The van der Waals surface area contributed by atoms with Gasteiger partial charge in [0.1, 0.15) is 0 Å². The molecule has 0 aliphatic carbocycles. The number of rotatable bonds is 6. The van der Waals surface area contributed by atoms with Crippen LogP contribution in [0.1, 0.15) is 19.8 Å². The molecule has 1 aliphatic rings. The summed E-state index contributed by atoms with van der Waals surface area (Å²) in [5.41, 5.74) is 0. The maximum Gasteiger partial charge on any atom is 0.0726 e. The zero-order valence-corrected chi connectivity index (χ0v) is 13.4. The van der Waals surface area contributed by atoms with Crippen molar-refractivity contribution in [3.05, 3.63) is 42.5 Å². The summed E-state index contributed by atoms with van der Waals surface area (Å²) in [4.78, 5) is 1.35. The Morgan fingerprint density at radius 2 is 2.10 bits per heavy atom. The zero-order chi connectivity index (χ0) is 14.5. The van der Waals surface area contributed by atoms with Crippen molar-refractivity contribution < 1.29 is 4.74 Å². The molecule has 1 aliphatic heterocycles. The highest BCUT2D eigenvalue weighted by Gasteiger charge is 2.21. The van der Waals surface area contributed by atoms with Gasteiger partial charge in [0.05, 0.1) is 6.10 Å². The highest BCUT2D eigenvalue weighted by Crippen LogP contribution is 2.23. The molecule has 0 amide bonds. The van der Waals surface area contributed by atoms with Crippen LogP contribution in [0, 0.1) is 0 Å². The van der Waals surface area contributed by atoms with Gasteiger partial charge in [0, 0.05) is 29.8 Å². The Balaban J connectivity index is 1.45. The average Bonchev–Trinajstić information content (AvgIpc) is 3.06. The van der Waals surface area contributed by atoms with Crippen LogP contribution in [0.2, 0.25) is 0 Å². The van der Waals surface area contributed by atoms with E-state index in [1.54, 1.807) is 0 Å². The van der Waals surface area contributed by atoms with Crippen LogP contribution in [0.3, 0.4) is 0 Å². The van der Waals surface area contributed by atoms with Crippen LogP contribution in [-0.2, 0) is 4.74 Å². The van der Waals surface area contributed by atoms with Gasteiger partial charge in [-0.3, -0.25) is 0 Å². The second-order valence-corrected chi connectivity index (χ2v) is 6.82. The Labute approximate surface area is 131 Å². The molecular weight excluding hydrogens is 278 g/mol. The number of thioether (sulfide) groups is 1. The van der Waals surface area contributed by atoms with Gasteiger partial charge in [-0.15, -0.1) is 11.8 Å². The second-order valence-electron chi connectivity index (χ2n) is 5.65. The third-order valence-electron chi connectivity index (χ3n) is 4.08. The Bertz CT molecular complexity index is 580. The van der Waals surface area contributed by atoms with E-state index >= 15 is 0 Å². The molecule has 0 aromatic heterocycles. The lowest BCUT2D eigenvalue weighted by Gasteiger charge is -2.19. The molecule has 2 atom stereocenters. The molecule has 1 fully saturated rings. The topological polar surface area (TPSA) is 21.3 Å². The average molecular weight is 301 g/mol. The van der Waals surface area contributed by atoms with Crippen LogP contribution in [0.15, 0.2) is 47.4 Å². The van der Waals surface area contributed by atoms with Gasteiger partial charge >= 0.3 is 0 Å². The maximum atomic E-state index is 5.71. The van der Waals surface area contributed by atoms with Crippen molar-refractivity contribution in [1.82, 2.24) is 5.32 Å². The maximum absolute atomic E-state index is 5.71. The Hall–Kier alpha value is -1.03. The Kier molecular flexibility index (Phi) is 5.17. The molecule has 3 heteroatoms. The molecular formula is C18H23NOS. The zero-order valence-electron chi connectivity index (χ0n) is 12.5. The molecule has 2 aromatic carbocycles. The van der Waals surface area contributed by atoms with Gasteiger partial charge in [-0.25, -0.2) is 0 Å². The Morgan fingerprint density at radius 3 is 2.90 bits per heavy atom. The largest absolute Gasteiger partial charge is 0.377 e. The van der Waals surface area contributed by atoms with Gasteiger partial charge in [0.15, 0.2) is 0 Å². The van der Waals surface area contributed by atoms with E-state index in [0.717, 1.165) is 18.9 Å². The number of benzene rings is 2. The van der Waals surface area contributed by atoms with Gasteiger partial charge in [-0.2, -0.15) is 0 Å². The van der Waals surface area contributed by atoms with Gasteiger partial charge in [-0.05, 0) is 42.7 Å². The molecule has 21 heavy (non-hydrogen) atoms. The summed E-state index contributed by atoms with van der Waals surface area (Å²) in [5.74, 6) is 1.09. The second kappa shape index (κ2) is 7.30. The first kappa shape index (κ1) is 14.9. The summed E-state index contributed by atoms with van der Waals surface area (Å²) in [5, 5.41) is 6.22. The first-order valence-corrected chi connectivity index (χ1v) is 8.78. The van der Waals surface area contributed by atoms with E-state index < -0.39 is 0 Å². The fourth-order valence-corrected chi connectivity index (χ4v) is 3.67. The minimum atomic E-state index is 0.413. The lowest BCUT2D eigenvalue weighted by molar-refractivity contribution is 0.0844. The van der Waals surface area contributed by atoms with Gasteiger partial charge in [0.2, 0.25) is 0 Å². The van der Waals surface area contributed by atoms with Crippen molar-refractivity contribution in [3.63, 3.8) is 0 Å². The van der Waals surface area contributed by atoms with Gasteiger partial charge in [-0.1, -0.05) is 30.3 Å². The molecule has 0 bridgehead atoms. The van der Waals surface area contributed by atoms with E-state index in [-0.39, 0.29) is 0 Å². The van der Waals surface area contributed by atoms with Crippen LogP contribution in [-0.4, -0.2) is 31.1 Å². The SMILES string of the molecule is CC(NCCSc1ccc2ccccc2c1)C1CCCO1. The van der Waals surface area contributed by atoms with Crippen molar-refractivity contribution in [3.8, 4) is 0 Å². The summed E-state index contributed by atoms with van der Waals surface area (Å²) in [7, 11) is 0. The van der Waals surface area contributed by atoms with Crippen molar-refractivity contribution in [1.29, 1.82) is 0 Å². The molecule has 2 unspecified atom stereocenters. The van der Waals surface area contributed by atoms with Crippen LogP contribution in [0.25, 0.3) is 10.8 Å². The first-order chi connectivity index (χ1) is 10.3. The van der Waals surface area contributed by atoms with E-state index in [9.17, 15) is 0 Å². The van der Waals surface area contributed by atoms with Crippen molar-refractivity contribution in [2.45, 2.75) is 36.8 Å². The van der Waals surface area contributed by atoms with E-state index in [1.807, 2.05) is 11.8 Å². The van der Waals surface area contributed by atoms with E-state index in [2.05, 4.69) is 54.7 Å². The van der Waals surface area contributed by atoms with Crippen LogP contribution < -0.4 is 5.32 Å². The summed E-state index contributed by atoms with van der Waals surface area (Å²) in [6.45, 7) is 4.19. The molecule has 0 spiro atoms. The minimum Gasteiger partial charge on any atom is -0.377 e. The molecule has 2 aromatic rings. The standard InChI is InChI=1S/C18H23NOS/c1-14(18-7-4-11-20-18)19-10-12-21-17-9-8-15-5-2-3-6-16(15)13-17/h2-3,5-6,8-9,13-14,18-19H,4,7,10-12H2,1H3. The number of nitrogens with one attached hydrogen (secondary N) is 1. The minimum absolute atomic E-state index is 0.413. The van der Waals surface area contributed by atoms with E-state index in [4.69, 9.17) is 4.74 Å². The highest BCUT2D eigenvalue weighted by atomic mass is 32.2. The number of hydrogen-bond acceptors (Lipinski definition) is 3. The first-order valence-electron chi connectivity index (χ1n) is 7.79. The van der Waals surface area contributed by atoms with Crippen LogP contribution in [0.5, 0.6) is 0 Å². The third kappa shape index (κ3) is 4.00. The predicted octanol–water partition coefficient (Wildman–Crippen LogP) is 4.09. The van der Waals surface area contributed by atoms with Gasteiger partial charge in [0.25, 0.3) is 0 Å². The molecule has 1 saturated heterocycles. The monoisotopic (exact) mass is 301 g/mol. The van der Waals surface area contributed by atoms with E-state index in [0.29, 0.717) is 12.1 Å². The van der Waals surface area contributed by atoms with Crippen LogP contribution >= 0.6 is 11.8 Å². The van der Waals surface area contributed by atoms with Crippen molar-refractivity contribution in [2.24, 2.45) is 0 Å². The summed E-state index contributed by atoms with van der Waals surface area (Å²) >= 11 is 1.92. The highest BCUT2D eigenvalue weighted by molar-refractivity contribution is 7.99. The summed E-state index contributed by atoms with van der Waals surface area (Å²) in [6.07, 6.45) is 2.82. The molecule has 2 nitrogen and oxygen atoms in total. The third-order valence-corrected chi connectivity index (χ3v) is 5.08. The molecule has 112 valence electrons. The summed E-state index contributed by atoms with van der Waals surface area (Å²) < 4.78 is 5.71. The molecule has 1 heterocycles. The fraction of sp³-hybridized carbons (Fsp3) is 0.444. The molecule has 0 saturated carbocycles. The van der Waals surface area contributed by atoms with Crippen molar-refractivity contribution in [2.75, 3.05) is 18.9 Å². The normalized spacial score (nSPS) is 20.0. The lowest BCUT2D eigenvalue weighted by atomic mass is 10.1.